The highest BCUT2D eigenvalue weighted by Gasteiger charge is 2.60. The number of hydrogen-bond donors (Lipinski definition) is 1. The minimum Gasteiger partial charge on any atom is -0.252 e. The van der Waals surface area contributed by atoms with Crippen molar-refractivity contribution in [1.82, 2.24) is 0 Å². The third-order valence-corrected chi connectivity index (χ3v) is 8.62. The summed E-state index contributed by atoms with van der Waals surface area (Å²) in [4.78, 5) is 4.90. The Balaban J connectivity index is 1.62. The standard InChI is InChI=1S/C19H32O2/c1-18-11-4-3-5-13(18)6-7-14-15-8-9-17(21-20)19(15,2)12-10-16(14)18/h13-17,20H,3-12H2,1-2H3/t13-,14?,15?,16?,17-,18-,19-/m0/s1. The summed E-state index contributed by atoms with van der Waals surface area (Å²) in [6.07, 6.45) is 13.9. The summed E-state index contributed by atoms with van der Waals surface area (Å²) >= 11 is 0. The molecule has 4 aliphatic rings. The molecule has 0 spiro atoms. The summed E-state index contributed by atoms with van der Waals surface area (Å²) in [5.74, 6) is 3.66. The summed E-state index contributed by atoms with van der Waals surface area (Å²) in [6.45, 7) is 5.03. The molecule has 0 aromatic heterocycles. The lowest BCUT2D eigenvalue weighted by atomic mass is 9.45. The zero-order valence-corrected chi connectivity index (χ0v) is 13.8. The molecule has 120 valence electrons. The molecule has 7 atom stereocenters. The first-order valence-electron chi connectivity index (χ1n) is 9.40. The van der Waals surface area contributed by atoms with Gasteiger partial charge in [-0.15, -0.1) is 0 Å². The van der Waals surface area contributed by atoms with Crippen LogP contribution in [0.1, 0.15) is 78.1 Å². The van der Waals surface area contributed by atoms with Gasteiger partial charge in [-0.3, -0.25) is 5.26 Å². The third-order valence-electron chi connectivity index (χ3n) is 8.62. The average molecular weight is 292 g/mol. The van der Waals surface area contributed by atoms with E-state index in [0.717, 1.165) is 30.1 Å². The second-order valence-corrected chi connectivity index (χ2v) is 9.12. The molecule has 0 aromatic rings. The summed E-state index contributed by atoms with van der Waals surface area (Å²) < 4.78 is 0. The van der Waals surface area contributed by atoms with Crippen LogP contribution in [0.5, 0.6) is 0 Å². The molecule has 0 saturated heterocycles. The van der Waals surface area contributed by atoms with Gasteiger partial charge in [0.05, 0.1) is 6.10 Å². The Bertz CT molecular complexity index is 408. The van der Waals surface area contributed by atoms with Gasteiger partial charge in [0.2, 0.25) is 0 Å². The van der Waals surface area contributed by atoms with E-state index >= 15 is 0 Å². The molecule has 2 heteroatoms. The summed E-state index contributed by atoms with van der Waals surface area (Å²) in [5, 5.41) is 9.30. The van der Waals surface area contributed by atoms with Crippen LogP contribution in [0.4, 0.5) is 0 Å². The van der Waals surface area contributed by atoms with Gasteiger partial charge in [-0.1, -0.05) is 26.7 Å². The molecule has 0 aliphatic heterocycles. The topological polar surface area (TPSA) is 29.5 Å². The number of fused-ring (bicyclic) bond motifs is 5. The monoisotopic (exact) mass is 292 g/mol. The van der Waals surface area contributed by atoms with Crippen LogP contribution in [0.2, 0.25) is 0 Å². The van der Waals surface area contributed by atoms with Crippen molar-refractivity contribution in [2.45, 2.75) is 84.2 Å². The van der Waals surface area contributed by atoms with Crippen LogP contribution in [0.15, 0.2) is 0 Å². The highest BCUT2D eigenvalue weighted by atomic mass is 17.1. The Labute approximate surface area is 129 Å². The normalized spacial score (nSPS) is 56.4. The largest absolute Gasteiger partial charge is 0.252 e. The van der Waals surface area contributed by atoms with Crippen molar-refractivity contribution in [2.24, 2.45) is 34.5 Å². The molecule has 2 nitrogen and oxygen atoms in total. The van der Waals surface area contributed by atoms with Crippen molar-refractivity contribution < 1.29 is 10.1 Å². The van der Waals surface area contributed by atoms with Crippen LogP contribution in [0.3, 0.4) is 0 Å². The van der Waals surface area contributed by atoms with Crippen molar-refractivity contribution in [3.8, 4) is 0 Å². The first-order valence-corrected chi connectivity index (χ1v) is 9.40. The minimum atomic E-state index is 0.0975. The van der Waals surface area contributed by atoms with E-state index in [9.17, 15) is 5.26 Å². The van der Waals surface area contributed by atoms with E-state index in [1.807, 2.05) is 0 Å². The van der Waals surface area contributed by atoms with Crippen molar-refractivity contribution in [3.05, 3.63) is 0 Å². The molecule has 4 rings (SSSR count). The maximum atomic E-state index is 9.30. The Hall–Kier alpha value is -0.0800. The predicted octanol–water partition coefficient (Wildman–Crippen LogP) is 5.28. The highest BCUT2D eigenvalue weighted by Crippen LogP contribution is 2.66. The highest BCUT2D eigenvalue weighted by molar-refractivity contribution is 5.09. The zero-order valence-electron chi connectivity index (χ0n) is 13.8. The van der Waals surface area contributed by atoms with E-state index in [0.29, 0.717) is 5.41 Å². The fourth-order valence-electron chi connectivity index (χ4n) is 7.42. The van der Waals surface area contributed by atoms with E-state index in [1.54, 1.807) is 0 Å². The quantitative estimate of drug-likeness (QED) is 0.526. The molecule has 0 radical (unpaired) electrons. The van der Waals surface area contributed by atoms with Gasteiger partial charge in [0, 0.05) is 5.41 Å². The molecule has 4 fully saturated rings. The van der Waals surface area contributed by atoms with E-state index in [1.165, 1.54) is 57.8 Å². The van der Waals surface area contributed by atoms with Crippen LogP contribution in [0, 0.1) is 34.5 Å². The SMILES string of the molecule is C[C@]12CCC3C(CC[C@@H]4CCCC[C@]34C)C1CC[C@@H]2OO. The molecule has 3 unspecified atom stereocenters. The number of rotatable bonds is 1. The molecule has 21 heavy (non-hydrogen) atoms. The van der Waals surface area contributed by atoms with Crippen molar-refractivity contribution in [1.29, 1.82) is 0 Å². The van der Waals surface area contributed by atoms with Crippen molar-refractivity contribution >= 4 is 0 Å². The minimum absolute atomic E-state index is 0.0975. The first-order chi connectivity index (χ1) is 10.1. The van der Waals surface area contributed by atoms with Crippen molar-refractivity contribution in [3.63, 3.8) is 0 Å². The van der Waals surface area contributed by atoms with Crippen LogP contribution in [-0.2, 0) is 4.89 Å². The van der Waals surface area contributed by atoms with Crippen LogP contribution in [-0.4, -0.2) is 11.4 Å². The van der Waals surface area contributed by atoms with Crippen LogP contribution >= 0.6 is 0 Å². The van der Waals surface area contributed by atoms with Crippen LogP contribution < -0.4 is 0 Å². The average Bonchev–Trinajstić information content (AvgIpc) is 2.83. The third kappa shape index (κ3) is 1.91. The van der Waals surface area contributed by atoms with Gasteiger partial charge >= 0.3 is 0 Å². The predicted molar refractivity (Wildman–Crippen MR) is 83.8 cm³/mol. The van der Waals surface area contributed by atoms with Crippen molar-refractivity contribution in [2.75, 3.05) is 0 Å². The Kier molecular flexibility index (Phi) is 3.43. The molecule has 4 saturated carbocycles. The Morgan fingerprint density at radius 2 is 1.62 bits per heavy atom. The van der Waals surface area contributed by atoms with E-state index in [4.69, 9.17) is 4.89 Å². The maximum Gasteiger partial charge on any atom is 0.0983 e. The smallest absolute Gasteiger partial charge is 0.0983 e. The molecule has 4 aliphatic carbocycles. The second kappa shape index (κ2) is 4.96. The Morgan fingerprint density at radius 1 is 0.810 bits per heavy atom. The van der Waals surface area contributed by atoms with Gasteiger partial charge in [-0.05, 0) is 80.5 Å². The summed E-state index contributed by atoms with van der Waals surface area (Å²) in [6, 6.07) is 0. The fraction of sp³-hybridized carbons (Fsp3) is 1.00. The molecular formula is C19H32O2. The van der Waals surface area contributed by atoms with Gasteiger partial charge in [0.15, 0.2) is 0 Å². The number of hydrogen-bond acceptors (Lipinski definition) is 2. The van der Waals surface area contributed by atoms with E-state index < -0.39 is 0 Å². The molecule has 0 bridgehead atoms. The summed E-state index contributed by atoms with van der Waals surface area (Å²) in [5.41, 5.74) is 0.869. The first kappa shape index (κ1) is 14.5. The lowest BCUT2D eigenvalue weighted by Crippen LogP contribution is -2.53. The lowest BCUT2D eigenvalue weighted by molar-refractivity contribution is -0.305. The van der Waals surface area contributed by atoms with Gasteiger partial charge in [0.25, 0.3) is 0 Å². The second-order valence-electron chi connectivity index (χ2n) is 9.12. The zero-order chi connectivity index (χ0) is 14.7. The fourth-order valence-corrected chi connectivity index (χ4v) is 7.42. The lowest BCUT2D eigenvalue weighted by Gasteiger charge is -2.60. The summed E-state index contributed by atoms with van der Waals surface area (Å²) in [7, 11) is 0. The van der Waals surface area contributed by atoms with Crippen LogP contribution in [0.25, 0.3) is 0 Å². The Morgan fingerprint density at radius 3 is 2.43 bits per heavy atom. The van der Waals surface area contributed by atoms with Gasteiger partial charge in [-0.2, -0.15) is 0 Å². The molecular weight excluding hydrogens is 260 g/mol. The van der Waals surface area contributed by atoms with Gasteiger partial charge in [-0.25, -0.2) is 4.89 Å². The van der Waals surface area contributed by atoms with E-state index in [-0.39, 0.29) is 11.5 Å². The molecule has 0 aromatic carbocycles. The van der Waals surface area contributed by atoms with E-state index in [2.05, 4.69) is 13.8 Å². The molecule has 1 N–H and O–H groups in total. The molecule has 0 amide bonds. The van der Waals surface area contributed by atoms with Gasteiger partial charge < -0.3 is 0 Å². The maximum absolute atomic E-state index is 9.30. The van der Waals surface area contributed by atoms with Gasteiger partial charge in [0.1, 0.15) is 0 Å². The molecule has 0 heterocycles.